The standard InChI is InChI=1S/C18H19ClN4O2/c19-13-8-12-4-7-22(17-3-5-20-11-21-17)10-15(12)14(9-13)16-2-1-6-23(16)18(24)25/h3,5,8-9,11,16H,1-2,4,6-7,10H2,(H,24,25)/t16-/m0/s1. The van der Waals surface area contributed by atoms with Gasteiger partial charge in [-0.3, -0.25) is 0 Å². The molecule has 1 N–H and O–H groups in total. The first-order valence-corrected chi connectivity index (χ1v) is 8.83. The van der Waals surface area contributed by atoms with E-state index in [0.29, 0.717) is 18.1 Å². The van der Waals surface area contributed by atoms with Gasteiger partial charge in [-0.1, -0.05) is 11.6 Å². The summed E-state index contributed by atoms with van der Waals surface area (Å²) < 4.78 is 0. The average Bonchev–Trinajstić information content (AvgIpc) is 3.11. The Morgan fingerprint density at radius 1 is 1.32 bits per heavy atom. The fourth-order valence-corrected chi connectivity index (χ4v) is 4.19. The number of rotatable bonds is 2. The quantitative estimate of drug-likeness (QED) is 0.889. The lowest BCUT2D eigenvalue weighted by molar-refractivity contribution is 0.140. The number of aromatic nitrogens is 2. The van der Waals surface area contributed by atoms with Gasteiger partial charge in [0.2, 0.25) is 0 Å². The van der Waals surface area contributed by atoms with Crippen LogP contribution >= 0.6 is 11.6 Å². The predicted octanol–water partition coefficient (Wildman–Crippen LogP) is 3.51. The van der Waals surface area contributed by atoms with E-state index in [4.69, 9.17) is 11.6 Å². The number of hydrogen-bond acceptors (Lipinski definition) is 4. The van der Waals surface area contributed by atoms with Gasteiger partial charge in [0.1, 0.15) is 12.1 Å². The zero-order valence-electron chi connectivity index (χ0n) is 13.7. The predicted molar refractivity (Wildman–Crippen MR) is 94.9 cm³/mol. The van der Waals surface area contributed by atoms with Crippen LogP contribution in [0.3, 0.4) is 0 Å². The Morgan fingerprint density at radius 2 is 2.20 bits per heavy atom. The van der Waals surface area contributed by atoms with Crippen LogP contribution in [-0.2, 0) is 13.0 Å². The zero-order chi connectivity index (χ0) is 17.4. The summed E-state index contributed by atoms with van der Waals surface area (Å²) in [6.07, 6.45) is 5.02. The normalized spacial score (nSPS) is 19.8. The maximum Gasteiger partial charge on any atom is 0.407 e. The molecule has 1 saturated heterocycles. The smallest absolute Gasteiger partial charge is 0.407 e. The Hall–Kier alpha value is -2.34. The van der Waals surface area contributed by atoms with Crippen LogP contribution in [0.5, 0.6) is 0 Å². The molecule has 4 rings (SSSR count). The van der Waals surface area contributed by atoms with Crippen LogP contribution in [0, 0.1) is 0 Å². The third kappa shape index (κ3) is 3.02. The van der Waals surface area contributed by atoms with Crippen LogP contribution in [-0.4, -0.2) is 39.2 Å². The van der Waals surface area contributed by atoms with E-state index in [2.05, 4.69) is 14.9 Å². The van der Waals surface area contributed by atoms with Crippen LogP contribution in [0.25, 0.3) is 0 Å². The lowest BCUT2D eigenvalue weighted by Gasteiger charge is -2.33. The average molecular weight is 359 g/mol. The van der Waals surface area contributed by atoms with E-state index in [1.165, 1.54) is 16.0 Å². The fraction of sp³-hybridized carbons (Fsp3) is 0.389. The second kappa shape index (κ2) is 6.52. The van der Waals surface area contributed by atoms with E-state index in [0.717, 1.165) is 37.2 Å². The minimum absolute atomic E-state index is 0.115. The van der Waals surface area contributed by atoms with Crippen LogP contribution in [0.15, 0.2) is 30.7 Å². The van der Waals surface area contributed by atoms with Gasteiger partial charge in [-0.2, -0.15) is 0 Å². The molecule has 25 heavy (non-hydrogen) atoms. The first kappa shape index (κ1) is 16.1. The van der Waals surface area contributed by atoms with E-state index in [1.54, 1.807) is 12.5 Å². The number of likely N-dealkylation sites (tertiary alicyclic amines) is 1. The van der Waals surface area contributed by atoms with Crippen molar-refractivity contribution in [1.82, 2.24) is 14.9 Å². The summed E-state index contributed by atoms with van der Waals surface area (Å²) >= 11 is 6.34. The van der Waals surface area contributed by atoms with Gasteiger partial charge in [0, 0.05) is 30.9 Å². The molecule has 3 heterocycles. The Balaban J connectivity index is 1.72. The molecule has 0 saturated carbocycles. The maximum atomic E-state index is 11.6. The van der Waals surface area contributed by atoms with Crippen molar-refractivity contribution in [1.29, 1.82) is 0 Å². The van der Waals surface area contributed by atoms with Crippen molar-refractivity contribution < 1.29 is 9.90 Å². The molecule has 2 aliphatic rings. The molecule has 2 aliphatic heterocycles. The van der Waals surface area contributed by atoms with Gasteiger partial charge in [-0.05, 0) is 54.2 Å². The molecule has 1 aromatic carbocycles. The molecular formula is C18H19ClN4O2. The van der Waals surface area contributed by atoms with Crippen molar-refractivity contribution in [3.05, 3.63) is 52.4 Å². The molecule has 1 aromatic heterocycles. The summed E-state index contributed by atoms with van der Waals surface area (Å²) in [6, 6.07) is 5.74. The summed E-state index contributed by atoms with van der Waals surface area (Å²) in [7, 11) is 0. The molecule has 1 amide bonds. The lowest BCUT2D eigenvalue weighted by atomic mass is 9.90. The molecule has 1 fully saturated rings. The summed E-state index contributed by atoms with van der Waals surface area (Å²) in [6.45, 7) is 2.15. The third-order valence-corrected chi connectivity index (χ3v) is 5.31. The Bertz CT molecular complexity index is 799. The highest BCUT2D eigenvalue weighted by Crippen LogP contribution is 2.38. The Morgan fingerprint density at radius 3 is 2.96 bits per heavy atom. The summed E-state index contributed by atoms with van der Waals surface area (Å²) in [4.78, 5) is 23.7. The largest absolute Gasteiger partial charge is 0.465 e. The highest BCUT2D eigenvalue weighted by Gasteiger charge is 2.33. The molecule has 0 radical (unpaired) electrons. The number of fused-ring (bicyclic) bond motifs is 1. The number of carbonyl (C=O) groups is 1. The maximum absolute atomic E-state index is 11.6. The van der Waals surface area contributed by atoms with Crippen molar-refractivity contribution in [2.45, 2.75) is 31.8 Å². The first-order valence-electron chi connectivity index (χ1n) is 8.45. The number of benzene rings is 1. The Labute approximate surface area is 151 Å². The third-order valence-electron chi connectivity index (χ3n) is 5.09. The van der Waals surface area contributed by atoms with Crippen LogP contribution in [0.4, 0.5) is 10.6 Å². The second-order valence-electron chi connectivity index (χ2n) is 6.51. The van der Waals surface area contributed by atoms with Crippen LogP contribution < -0.4 is 4.90 Å². The van der Waals surface area contributed by atoms with Crippen LogP contribution in [0.2, 0.25) is 5.02 Å². The van der Waals surface area contributed by atoms with E-state index in [9.17, 15) is 9.90 Å². The highest BCUT2D eigenvalue weighted by atomic mass is 35.5. The molecule has 0 spiro atoms. The van der Waals surface area contributed by atoms with Gasteiger partial charge in [0.05, 0.1) is 6.04 Å². The molecule has 1 atom stereocenters. The lowest BCUT2D eigenvalue weighted by Crippen LogP contribution is -2.34. The van der Waals surface area contributed by atoms with Crippen molar-refractivity contribution in [2.75, 3.05) is 18.0 Å². The fourth-order valence-electron chi connectivity index (χ4n) is 3.94. The van der Waals surface area contributed by atoms with E-state index in [1.807, 2.05) is 18.2 Å². The number of hydrogen-bond donors (Lipinski definition) is 1. The number of nitrogens with zero attached hydrogens (tertiary/aromatic N) is 4. The molecule has 130 valence electrons. The van der Waals surface area contributed by atoms with Crippen molar-refractivity contribution in [3.8, 4) is 0 Å². The molecule has 7 heteroatoms. The van der Waals surface area contributed by atoms with Crippen molar-refractivity contribution in [2.24, 2.45) is 0 Å². The van der Waals surface area contributed by atoms with Crippen LogP contribution in [0.1, 0.15) is 35.6 Å². The highest BCUT2D eigenvalue weighted by molar-refractivity contribution is 6.30. The van der Waals surface area contributed by atoms with Gasteiger partial charge in [0.25, 0.3) is 0 Å². The molecule has 0 bridgehead atoms. The van der Waals surface area contributed by atoms with Crippen molar-refractivity contribution >= 4 is 23.5 Å². The molecule has 0 unspecified atom stereocenters. The number of anilines is 1. The molecule has 6 nitrogen and oxygen atoms in total. The summed E-state index contributed by atoms with van der Waals surface area (Å²) in [5, 5.41) is 10.2. The molecular weight excluding hydrogens is 340 g/mol. The monoisotopic (exact) mass is 358 g/mol. The molecule has 0 aliphatic carbocycles. The SMILES string of the molecule is O=C(O)N1CCC[C@H]1c1cc(Cl)cc2c1CN(c1ccncn1)CC2. The van der Waals surface area contributed by atoms with E-state index in [-0.39, 0.29) is 6.04 Å². The second-order valence-corrected chi connectivity index (χ2v) is 6.94. The van der Waals surface area contributed by atoms with Gasteiger partial charge in [-0.15, -0.1) is 0 Å². The minimum atomic E-state index is -0.861. The van der Waals surface area contributed by atoms with Gasteiger partial charge >= 0.3 is 6.09 Å². The van der Waals surface area contributed by atoms with Gasteiger partial charge in [-0.25, -0.2) is 14.8 Å². The van der Waals surface area contributed by atoms with E-state index >= 15 is 0 Å². The summed E-state index contributed by atoms with van der Waals surface area (Å²) in [5.74, 6) is 0.892. The zero-order valence-corrected chi connectivity index (χ0v) is 14.5. The minimum Gasteiger partial charge on any atom is -0.465 e. The van der Waals surface area contributed by atoms with E-state index < -0.39 is 6.09 Å². The van der Waals surface area contributed by atoms with Gasteiger partial charge < -0.3 is 14.9 Å². The molecule has 2 aromatic rings. The number of halogens is 1. The first-order chi connectivity index (χ1) is 12.1. The topological polar surface area (TPSA) is 69.6 Å². The number of amides is 1. The summed E-state index contributed by atoms with van der Waals surface area (Å²) in [5.41, 5.74) is 3.44. The van der Waals surface area contributed by atoms with Gasteiger partial charge in [0.15, 0.2) is 0 Å². The number of carboxylic acid groups (broad SMARTS) is 1. The Kier molecular flexibility index (Phi) is 4.21. The van der Waals surface area contributed by atoms with Crippen molar-refractivity contribution in [3.63, 3.8) is 0 Å².